The van der Waals surface area contributed by atoms with Crippen molar-refractivity contribution < 1.29 is 31.1 Å². The summed E-state index contributed by atoms with van der Waals surface area (Å²) in [7, 11) is 3.22. The summed E-state index contributed by atoms with van der Waals surface area (Å²) in [5.41, 5.74) is -0.439. The van der Waals surface area contributed by atoms with Crippen LogP contribution in [0.1, 0.15) is 67.6 Å². The van der Waals surface area contributed by atoms with E-state index in [-0.39, 0.29) is 43.4 Å². The average Bonchev–Trinajstić information content (AvgIpc) is 2.95. The summed E-state index contributed by atoms with van der Waals surface area (Å²) in [4.78, 5) is 25.5. The van der Waals surface area contributed by atoms with Gasteiger partial charge in [0.1, 0.15) is 5.75 Å². The lowest BCUT2D eigenvalue weighted by Gasteiger charge is -2.37. The van der Waals surface area contributed by atoms with Crippen molar-refractivity contribution in [1.82, 2.24) is 24.1 Å². The van der Waals surface area contributed by atoms with Crippen LogP contribution < -0.4 is 10.1 Å². The monoisotopic (exact) mass is 642 g/mol. The van der Waals surface area contributed by atoms with Crippen LogP contribution in [0, 0.1) is 5.92 Å². The minimum absolute atomic E-state index is 0. The molecule has 1 aromatic heterocycles. The molecular formula is C30H45F3N6O4S. The number of benzene rings is 1. The number of hydrogen-bond donors (Lipinski definition) is 1. The van der Waals surface area contributed by atoms with Crippen LogP contribution in [-0.4, -0.2) is 98.1 Å². The Balaban J connectivity index is 0.00000529. The highest BCUT2D eigenvalue weighted by Crippen LogP contribution is 2.37. The number of carbonyl (C=O) groups excluding carboxylic acids is 1. The van der Waals surface area contributed by atoms with Crippen LogP contribution >= 0.6 is 0 Å². The number of piperidine rings is 1. The quantitative estimate of drug-likeness (QED) is 0.406. The van der Waals surface area contributed by atoms with Crippen molar-refractivity contribution in [2.24, 2.45) is 5.92 Å². The maximum absolute atomic E-state index is 14.0. The van der Waals surface area contributed by atoms with E-state index in [9.17, 15) is 26.4 Å². The van der Waals surface area contributed by atoms with Crippen molar-refractivity contribution in [3.63, 3.8) is 0 Å². The molecule has 10 nitrogen and oxygen atoms in total. The number of hydrogen-bond acceptors (Lipinski definition) is 8. The highest BCUT2D eigenvalue weighted by Gasteiger charge is 2.38. The van der Waals surface area contributed by atoms with Gasteiger partial charge in [-0.05, 0) is 76.4 Å². The molecule has 1 saturated carbocycles. The minimum Gasteiger partial charge on any atom is -0.495 e. The first kappa shape index (κ1) is 35.5. The van der Waals surface area contributed by atoms with Gasteiger partial charge in [-0.1, -0.05) is 20.3 Å². The molecule has 2 aromatic rings. The van der Waals surface area contributed by atoms with Crippen molar-refractivity contribution in [2.75, 3.05) is 52.9 Å². The average molecular weight is 643 g/mol. The molecule has 2 fully saturated rings. The molecule has 0 radical (unpaired) electrons. The van der Waals surface area contributed by atoms with Crippen LogP contribution in [-0.2, 0) is 22.6 Å². The Morgan fingerprint density at radius 3 is 2.41 bits per heavy atom. The number of halogens is 3. The highest BCUT2D eigenvalue weighted by atomic mass is 32.2. The lowest BCUT2D eigenvalue weighted by atomic mass is 9.81. The van der Waals surface area contributed by atoms with Crippen molar-refractivity contribution in [2.45, 2.75) is 70.6 Å². The fourth-order valence-electron chi connectivity index (χ4n) is 6.08. The van der Waals surface area contributed by atoms with Gasteiger partial charge in [0.25, 0.3) is 5.91 Å². The fourth-order valence-corrected chi connectivity index (χ4v) is 6.85. The van der Waals surface area contributed by atoms with E-state index < -0.39 is 27.8 Å². The van der Waals surface area contributed by atoms with Crippen molar-refractivity contribution in [3.8, 4) is 5.75 Å². The van der Waals surface area contributed by atoms with E-state index in [1.165, 1.54) is 18.5 Å². The second kappa shape index (κ2) is 14.4. The van der Waals surface area contributed by atoms with Crippen molar-refractivity contribution >= 4 is 27.6 Å². The van der Waals surface area contributed by atoms with Crippen molar-refractivity contribution in [1.29, 1.82) is 0 Å². The Morgan fingerprint density at radius 1 is 1.14 bits per heavy atom. The van der Waals surface area contributed by atoms with Crippen LogP contribution in [0.2, 0.25) is 0 Å². The number of carbonyl (C=O) groups is 1. The molecule has 44 heavy (non-hydrogen) atoms. The second-order valence-corrected chi connectivity index (χ2v) is 13.7. The third-order valence-electron chi connectivity index (χ3n) is 8.74. The first-order valence-corrected chi connectivity index (χ1v) is 16.3. The summed E-state index contributed by atoms with van der Waals surface area (Å²) in [6.07, 6.45) is 1.56. The normalized spacial score (nSPS) is 20.2. The number of ether oxygens (including phenoxy) is 1. The molecule has 1 aliphatic heterocycles. The standard InChI is InChI=1S/C29H41F3N6O4S.CH4/c1-36-14-12-21(13-15-36)37(2)27(39)20-10-11-26(42-4)24(17-20)35-28-33-18-22(29(30,31)32)23(34-28)16-19-8-6-7-9-25(19)38(3)43(5,40)41;/h10-11,17-19,21,25H,6-9,12-16H2,1-5H3,(H,33,34,35);1H4/t19-,25+;/m0./s1. The summed E-state index contributed by atoms with van der Waals surface area (Å²) < 4.78 is 73.4. The van der Waals surface area contributed by atoms with Gasteiger partial charge in [-0.2, -0.15) is 13.2 Å². The Hall–Kier alpha value is -2.97. The molecule has 14 heteroatoms. The molecule has 2 heterocycles. The number of rotatable bonds is 9. The largest absolute Gasteiger partial charge is 0.495 e. The van der Waals surface area contributed by atoms with Gasteiger partial charge in [0, 0.05) is 37.9 Å². The molecule has 4 rings (SSSR count). The Kier molecular flexibility index (Phi) is 11.6. The highest BCUT2D eigenvalue weighted by molar-refractivity contribution is 7.88. The number of amides is 1. The van der Waals surface area contributed by atoms with Crippen molar-refractivity contribution in [3.05, 3.63) is 41.2 Å². The molecular weight excluding hydrogens is 597 g/mol. The Labute approximate surface area is 259 Å². The fraction of sp³-hybridized carbons (Fsp3) is 0.633. The van der Waals surface area contributed by atoms with E-state index >= 15 is 0 Å². The number of aromatic nitrogens is 2. The van der Waals surface area contributed by atoms with Gasteiger partial charge in [-0.25, -0.2) is 22.7 Å². The minimum atomic E-state index is -4.69. The SMILES string of the molecule is C.COc1ccc(C(=O)N(C)C2CCN(C)CC2)cc1Nc1ncc(C(F)(F)F)c(C[C@@H]2CCCC[C@H]2N(C)S(C)(=O)=O)n1. The van der Waals surface area contributed by atoms with Gasteiger partial charge < -0.3 is 19.9 Å². The molecule has 1 N–H and O–H groups in total. The number of anilines is 2. The smallest absolute Gasteiger partial charge is 0.419 e. The number of alkyl halides is 3. The van der Waals surface area contributed by atoms with E-state index in [0.717, 1.165) is 51.2 Å². The van der Waals surface area contributed by atoms with E-state index in [1.54, 1.807) is 30.1 Å². The molecule has 1 aromatic carbocycles. The number of likely N-dealkylation sites (tertiary alicyclic amines) is 1. The summed E-state index contributed by atoms with van der Waals surface area (Å²) in [6, 6.07) is 4.54. The molecule has 246 valence electrons. The zero-order valence-electron chi connectivity index (χ0n) is 25.3. The summed E-state index contributed by atoms with van der Waals surface area (Å²) >= 11 is 0. The molecule has 1 aliphatic carbocycles. The Bertz CT molecular complexity index is 1400. The number of sulfonamides is 1. The van der Waals surface area contributed by atoms with Crippen LogP contribution in [0.15, 0.2) is 24.4 Å². The molecule has 0 spiro atoms. The topological polar surface area (TPSA) is 108 Å². The molecule has 2 atom stereocenters. The lowest BCUT2D eigenvalue weighted by molar-refractivity contribution is -0.138. The third-order valence-corrected chi connectivity index (χ3v) is 10.1. The molecule has 2 aliphatic rings. The second-order valence-electron chi connectivity index (χ2n) is 11.6. The van der Waals surface area contributed by atoms with Gasteiger partial charge >= 0.3 is 6.18 Å². The maximum atomic E-state index is 14.0. The maximum Gasteiger partial charge on any atom is 0.419 e. The van der Waals surface area contributed by atoms with Crippen LogP contribution in [0.4, 0.5) is 24.8 Å². The van der Waals surface area contributed by atoms with Gasteiger partial charge in [-0.15, -0.1) is 0 Å². The first-order chi connectivity index (χ1) is 20.2. The van der Waals surface area contributed by atoms with Gasteiger partial charge in [0.2, 0.25) is 16.0 Å². The summed E-state index contributed by atoms with van der Waals surface area (Å²) in [5.74, 6) is -0.236. The van der Waals surface area contributed by atoms with Gasteiger partial charge in [0.15, 0.2) is 0 Å². The molecule has 1 amide bonds. The number of nitrogens with one attached hydrogen (secondary N) is 1. The number of methoxy groups -OCH3 is 1. The van der Waals surface area contributed by atoms with Crippen LogP contribution in [0.5, 0.6) is 5.75 Å². The summed E-state index contributed by atoms with van der Waals surface area (Å²) in [5, 5.41) is 2.96. The Morgan fingerprint density at radius 2 is 1.80 bits per heavy atom. The van der Waals surface area contributed by atoms with Gasteiger partial charge in [0.05, 0.1) is 30.3 Å². The van der Waals surface area contributed by atoms with E-state index in [2.05, 4.69) is 27.2 Å². The predicted octanol–water partition coefficient (Wildman–Crippen LogP) is 5.04. The third kappa shape index (κ3) is 8.39. The molecule has 1 saturated heterocycles. The van der Waals surface area contributed by atoms with E-state index in [1.807, 2.05) is 0 Å². The number of nitrogens with zero attached hydrogens (tertiary/aromatic N) is 5. The van der Waals surface area contributed by atoms with Crippen LogP contribution in [0.25, 0.3) is 0 Å². The lowest BCUT2D eigenvalue weighted by Crippen LogP contribution is -2.44. The summed E-state index contributed by atoms with van der Waals surface area (Å²) in [6.45, 7) is 1.80. The predicted molar refractivity (Wildman–Crippen MR) is 165 cm³/mol. The molecule has 0 unspecified atom stereocenters. The zero-order chi connectivity index (χ0) is 31.5. The van der Waals surface area contributed by atoms with E-state index in [0.29, 0.717) is 29.8 Å². The van der Waals surface area contributed by atoms with Crippen LogP contribution in [0.3, 0.4) is 0 Å². The van der Waals surface area contributed by atoms with E-state index in [4.69, 9.17) is 4.74 Å². The van der Waals surface area contributed by atoms with Gasteiger partial charge in [-0.3, -0.25) is 4.79 Å². The molecule has 0 bridgehead atoms. The first-order valence-electron chi connectivity index (χ1n) is 14.5. The zero-order valence-corrected chi connectivity index (χ0v) is 26.1.